The molecule has 1 aromatic heterocycles. The van der Waals surface area contributed by atoms with E-state index in [1.54, 1.807) is 18.2 Å². The van der Waals surface area contributed by atoms with Crippen molar-refractivity contribution in [3.63, 3.8) is 0 Å². The molecule has 0 spiro atoms. The lowest BCUT2D eigenvalue weighted by Gasteiger charge is -2.00. The van der Waals surface area contributed by atoms with Crippen LogP contribution in [0.2, 0.25) is 0 Å². The number of carbonyl (C=O) groups excluding carboxylic acids is 2. The lowest BCUT2D eigenvalue weighted by molar-refractivity contribution is -0.384. The number of allylic oxidation sites excluding steroid dienone is 1. The van der Waals surface area contributed by atoms with E-state index >= 15 is 0 Å². The molecular weight excluding hydrogens is 272 g/mol. The summed E-state index contributed by atoms with van der Waals surface area (Å²) in [6, 6.07) is 10.3. The maximum Gasteiger partial charge on any atom is 0.270 e. The predicted molar refractivity (Wildman–Crippen MR) is 75.7 cm³/mol. The van der Waals surface area contributed by atoms with Gasteiger partial charge in [0.05, 0.1) is 16.2 Å². The Bertz CT molecular complexity index is 723. The van der Waals surface area contributed by atoms with Gasteiger partial charge in [0.2, 0.25) is 0 Å². The average molecular weight is 282 g/mol. The van der Waals surface area contributed by atoms with Crippen molar-refractivity contribution >= 4 is 23.8 Å². The summed E-state index contributed by atoms with van der Waals surface area (Å²) in [5.41, 5.74) is 0.218. The SMILES string of the molecule is O=C/C(=C\c1ccccn1)C(=O)c1cccc([N+](=O)[O-])c1. The molecule has 1 heterocycles. The number of hydrogen-bond donors (Lipinski definition) is 0. The number of carbonyl (C=O) groups is 2. The highest BCUT2D eigenvalue weighted by Crippen LogP contribution is 2.16. The van der Waals surface area contributed by atoms with Crippen LogP contribution >= 0.6 is 0 Å². The van der Waals surface area contributed by atoms with Crippen LogP contribution in [0.5, 0.6) is 0 Å². The van der Waals surface area contributed by atoms with Crippen LogP contribution in [0.4, 0.5) is 5.69 Å². The number of nitro benzene ring substituents is 1. The van der Waals surface area contributed by atoms with Gasteiger partial charge in [0.1, 0.15) is 0 Å². The molecule has 0 amide bonds. The number of pyridine rings is 1. The molecule has 0 fully saturated rings. The molecule has 104 valence electrons. The van der Waals surface area contributed by atoms with Gasteiger partial charge in [0.15, 0.2) is 12.1 Å². The van der Waals surface area contributed by atoms with Gasteiger partial charge in [-0.2, -0.15) is 0 Å². The first-order valence-electron chi connectivity index (χ1n) is 5.99. The molecule has 0 unspecified atom stereocenters. The van der Waals surface area contributed by atoms with Crippen molar-refractivity contribution in [1.82, 2.24) is 4.98 Å². The number of rotatable bonds is 5. The molecule has 6 heteroatoms. The number of non-ortho nitro benzene ring substituents is 1. The summed E-state index contributed by atoms with van der Waals surface area (Å²) in [6.45, 7) is 0. The molecule has 0 saturated heterocycles. The van der Waals surface area contributed by atoms with Crippen molar-refractivity contribution < 1.29 is 14.5 Å². The van der Waals surface area contributed by atoms with Gasteiger partial charge in [0, 0.05) is 23.9 Å². The molecule has 0 aliphatic rings. The second-order valence-electron chi connectivity index (χ2n) is 4.11. The van der Waals surface area contributed by atoms with E-state index in [2.05, 4.69) is 4.98 Å². The second-order valence-corrected chi connectivity index (χ2v) is 4.11. The lowest BCUT2D eigenvalue weighted by Crippen LogP contribution is -2.05. The largest absolute Gasteiger partial charge is 0.298 e. The second kappa shape index (κ2) is 6.33. The zero-order chi connectivity index (χ0) is 15.2. The first-order valence-corrected chi connectivity index (χ1v) is 5.99. The highest BCUT2D eigenvalue weighted by atomic mass is 16.6. The van der Waals surface area contributed by atoms with Crippen molar-refractivity contribution in [2.24, 2.45) is 0 Å². The number of benzene rings is 1. The summed E-state index contributed by atoms with van der Waals surface area (Å²) in [5.74, 6) is -0.584. The zero-order valence-corrected chi connectivity index (χ0v) is 10.8. The van der Waals surface area contributed by atoms with Gasteiger partial charge in [-0.25, -0.2) is 0 Å². The van der Waals surface area contributed by atoms with Gasteiger partial charge >= 0.3 is 0 Å². The molecular formula is C15H10N2O4. The number of ketones is 1. The van der Waals surface area contributed by atoms with Gasteiger partial charge in [-0.1, -0.05) is 18.2 Å². The smallest absolute Gasteiger partial charge is 0.270 e. The van der Waals surface area contributed by atoms with Crippen LogP contribution in [0.15, 0.2) is 54.2 Å². The standard InChI is InChI=1S/C15H10N2O4/c18-10-12(8-13-5-1-2-7-16-13)15(19)11-4-3-6-14(9-11)17(20)21/h1-10H/b12-8+. The number of aromatic nitrogens is 1. The Hall–Kier alpha value is -3.15. The van der Waals surface area contributed by atoms with Gasteiger partial charge in [-0.05, 0) is 18.2 Å². The maximum absolute atomic E-state index is 12.2. The van der Waals surface area contributed by atoms with E-state index in [-0.39, 0.29) is 16.8 Å². The molecule has 0 saturated carbocycles. The molecule has 0 aliphatic heterocycles. The summed E-state index contributed by atoms with van der Waals surface area (Å²) in [5, 5.41) is 10.7. The summed E-state index contributed by atoms with van der Waals surface area (Å²) in [4.78, 5) is 37.4. The number of hydrogen-bond acceptors (Lipinski definition) is 5. The van der Waals surface area contributed by atoms with Crippen LogP contribution in [-0.4, -0.2) is 22.0 Å². The monoisotopic (exact) mass is 282 g/mol. The molecule has 0 aliphatic carbocycles. The summed E-state index contributed by atoms with van der Waals surface area (Å²) >= 11 is 0. The molecule has 1 aromatic carbocycles. The maximum atomic E-state index is 12.2. The molecule has 2 aromatic rings. The first kappa shape index (κ1) is 14.3. The van der Waals surface area contributed by atoms with Crippen LogP contribution in [0, 0.1) is 10.1 Å². The van der Waals surface area contributed by atoms with E-state index in [1.807, 2.05) is 0 Å². The van der Waals surface area contributed by atoms with Crippen molar-refractivity contribution in [2.75, 3.05) is 0 Å². The van der Waals surface area contributed by atoms with E-state index in [1.165, 1.54) is 30.5 Å². The lowest BCUT2D eigenvalue weighted by atomic mass is 10.0. The van der Waals surface area contributed by atoms with Crippen molar-refractivity contribution in [3.05, 3.63) is 75.6 Å². The van der Waals surface area contributed by atoms with Crippen LogP contribution < -0.4 is 0 Å². The van der Waals surface area contributed by atoms with E-state index in [0.29, 0.717) is 12.0 Å². The van der Waals surface area contributed by atoms with Crippen LogP contribution in [0.25, 0.3) is 6.08 Å². The molecule has 6 nitrogen and oxygen atoms in total. The summed E-state index contributed by atoms with van der Waals surface area (Å²) in [6.07, 6.45) is 3.29. The highest BCUT2D eigenvalue weighted by Gasteiger charge is 2.15. The number of nitro groups is 1. The molecule has 0 radical (unpaired) electrons. The van der Waals surface area contributed by atoms with Crippen LogP contribution in [0.3, 0.4) is 0 Å². The average Bonchev–Trinajstić information content (AvgIpc) is 2.53. The Kier molecular flexibility index (Phi) is 4.30. The first-order chi connectivity index (χ1) is 10.1. The number of Topliss-reactive ketones (excluding diaryl/α,β-unsaturated/α-hetero) is 1. The van der Waals surface area contributed by atoms with Crippen LogP contribution in [-0.2, 0) is 4.79 Å². The molecule has 2 rings (SSSR count). The van der Waals surface area contributed by atoms with E-state index in [0.717, 1.165) is 6.07 Å². The number of nitrogens with zero attached hydrogens (tertiary/aromatic N) is 2. The Balaban J connectivity index is 2.37. The normalized spacial score (nSPS) is 11.0. The Morgan fingerprint density at radius 1 is 1.19 bits per heavy atom. The third-order valence-corrected chi connectivity index (χ3v) is 2.70. The number of aldehydes is 1. The van der Waals surface area contributed by atoms with Gasteiger partial charge in [-0.15, -0.1) is 0 Å². The van der Waals surface area contributed by atoms with Crippen molar-refractivity contribution in [1.29, 1.82) is 0 Å². The van der Waals surface area contributed by atoms with Gasteiger partial charge in [-0.3, -0.25) is 24.7 Å². The van der Waals surface area contributed by atoms with E-state index in [9.17, 15) is 19.7 Å². The predicted octanol–water partition coefficient (Wildman–Crippen LogP) is 2.46. The fourth-order valence-electron chi connectivity index (χ4n) is 1.70. The van der Waals surface area contributed by atoms with Crippen LogP contribution in [0.1, 0.15) is 16.1 Å². The van der Waals surface area contributed by atoms with Crippen molar-refractivity contribution in [2.45, 2.75) is 0 Å². The molecule has 21 heavy (non-hydrogen) atoms. The zero-order valence-electron chi connectivity index (χ0n) is 10.8. The third kappa shape index (κ3) is 3.44. The van der Waals surface area contributed by atoms with Gasteiger partial charge in [0.25, 0.3) is 5.69 Å². The highest BCUT2D eigenvalue weighted by molar-refractivity contribution is 6.23. The Morgan fingerprint density at radius 3 is 2.62 bits per heavy atom. The molecule has 0 bridgehead atoms. The minimum atomic E-state index is -0.597. The summed E-state index contributed by atoms with van der Waals surface area (Å²) < 4.78 is 0. The van der Waals surface area contributed by atoms with Crippen molar-refractivity contribution in [3.8, 4) is 0 Å². The quantitative estimate of drug-likeness (QED) is 0.160. The third-order valence-electron chi connectivity index (χ3n) is 2.70. The van der Waals surface area contributed by atoms with E-state index in [4.69, 9.17) is 0 Å². The topological polar surface area (TPSA) is 90.2 Å². The van der Waals surface area contributed by atoms with E-state index < -0.39 is 10.7 Å². The molecule has 0 N–H and O–H groups in total. The Labute approximate surface area is 119 Å². The molecule has 0 atom stereocenters. The minimum absolute atomic E-state index is 0.0819. The fraction of sp³-hybridized carbons (Fsp3) is 0. The van der Waals surface area contributed by atoms with Gasteiger partial charge < -0.3 is 0 Å². The Morgan fingerprint density at radius 2 is 2.00 bits per heavy atom. The fourth-order valence-corrected chi connectivity index (χ4v) is 1.70. The summed E-state index contributed by atoms with van der Waals surface area (Å²) in [7, 11) is 0. The minimum Gasteiger partial charge on any atom is -0.298 e.